The molecular weight excluding hydrogens is 301 g/mol. The lowest BCUT2D eigenvalue weighted by atomic mass is 10.1. The number of hydrogen-bond acceptors (Lipinski definition) is 3. The Balaban J connectivity index is 2.52. The maximum atomic E-state index is 12.6. The van der Waals surface area contributed by atoms with Crippen LogP contribution in [-0.2, 0) is 6.18 Å². The predicted molar refractivity (Wildman–Crippen MR) is 58.9 cm³/mol. The van der Waals surface area contributed by atoms with E-state index in [0.29, 0.717) is 4.47 Å². The fourth-order valence-electron chi connectivity index (χ4n) is 1.29. The molecule has 0 atom stereocenters. The third-order valence-electron chi connectivity index (χ3n) is 2.00. The molecule has 0 fully saturated rings. The van der Waals surface area contributed by atoms with Gasteiger partial charge in [0, 0.05) is 10.0 Å². The third kappa shape index (κ3) is 2.57. The summed E-state index contributed by atoms with van der Waals surface area (Å²) < 4.78 is 38.0. The van der Waals surface area contributed by atoms with E-state index < -0.39 is 11.7 Å². The molecule has 0 aliphatic rings. The highest BCUT2D eigenvalue weighted by molar-refractivity contribution is 9.10. The molecule has 0 saturated carbocycles. The zero-order valence-electron chi connectivity index (χ0n) is 8.22. The Labute approximate surface area is 102 Å². The van der Waals surface area contributed by atoms with E-state index in [-0.39, 0.29) is 17.3 Å². The monoisotopic (exact) mass is 306 g/mol. The molecule has 1 aromatic heterocycles. The molecule has 0 amide bonds. The molecule has 0 bridgehead atoms. The van der Waals surface area contributed by atoms with Crippen molar-refractivity contribution in [1.29, 1.82) is 0 Å². The summed E-state index contributed by atoms with van der Waals surface area (Å²) in [5, 5.41) is 6.01. The van der Waals surface area contributed by atoms with E-state index in [4.69, 9.17) is 5.73 Å². The first-order valence-corrected chi connectivity index (χ1v) is 5.21. The van der Waals surface area contributed by atoms with E-state index in [1.807, 2.05) is 0 Å². The Morgan fingerprint density at radius 2 is 1.94 bits per heavy atom. The summed E-state index contributed by atoms with van der Waals surface area (Å²) in [6, 6.07) is 3.46. The van der Waals surface area contributed by atoms with Crippen LogP contribution >= 0.6 is 15.9 Å². The topological polar surface area (TPSA) is 67.6 Å². The van der Waals surface area contributed by atoms with Gasteiger partial charge in [-0.05, 0) is 18.2 Å². The first-order chi connectivity index (χ1) is 7.86. The average Bonchev–Trinajstić information content (AvgIpc) is 2.62. The summed E-state index contributed by atoms with van der Waals surface area (Å²) in [5.41, 5.74) is 4.78. The Kier molecular flexibility index (Phi) is 2.82. The molecule has 4 nitrogen and oxygen atoms in total. The molecule has 0 aliphatic heterocycles. The number of rotatable bonds is 1. The zero-order valence-corrected chi connectivity index (χ0v) is 9.80. The summed E-state index contributed by atoms with van der Waals surface area (Å²) in [7, 11) is 0. The minimum atomic E-state index is -4.41. The van der Waals surface area contributed by atoms with Gasteiger partial charge in [0.05, 0.1) is 5.56 Å². The van der Waals surface area contributed by atoms with Crippen molar-refractivity contribution in [2.75, 3.05) is 5.73 Å². The smallest absolute Gasteiger partial charge is 0.366 e. The second kappa shape index (κ2) is 4.02. The number of aromatic nitrogens is 3. The first kappa shape index (κ1) is 11.9. The van der Waals surface area contributed by atoms with Gasteiger partial charge in [0.25, 0.3) is 0 Å². The maximum Gasteiger partial charge on any atom is 0.416 e. The highest BCUT2D eigenvalue weighted by atomic mass is 79.9. The fraction of sp³-hybridized carbons (Fsp3) is 0.111. The summed E-state index contributed by atoms with van der Waals surface area (Å²) in [4.78, 5) is 3.77. The van der Waals surface area contributed by atoms with Gasteiger partial charge in [-0.1, -0.05) is 15.9 Å². The summed E-state index contributed by atoms with van der Waals surface area (Å²) in [6.07, 6.45) is -4.41. The predicted octanol–water partition coefficient (Wildman–Crippen LogP) is 2.84. The van der Waals surface area contributed by atoms with Gasteiger partial charge >= 0.3 is 6.18 Å². The SMILES string of the molecule is Nc1n[nH]c(-c2cc(Br)cc(C(F)(F)F)c2)n1. The van der Waals surface area contributed by atoms with Crippen LogP contribution in [0.2, 0.25) is 0 Å². The van der Waals surface area contributed by atoms with Gasteiger partial charge in [0.2, 0.25) is 5.95 Å². The lowest BCUT2D eigenvalue weighted by Gasteiger charge is -2.08. The van der Waals surface area contributed by atoms with Crippen molar-refractivity contribution in [1.82, 2.24) is 15.2 Å². The highest BCUT2D eigenvalue weighted by Gasteiger charge is 2.31. The maximum absolute atomic E-state index is 12.6. The van der Waals surface area contributed by atoms with Gasteiger partial charge in [0.15, 0.2) is 5.82 Å². The van der Waals surface area contributed by atoms with Crippen molar-refractivity contribution in [3.8, 4) is 11.4 Å². The standard InChI is InChI=1S/C9H6BrF3N4/c10-6-2-4(7-15-8(14)17-16-7)1-5(3-6)9(11,12)13/h1-3H,(H3,14,15,16,17). The first-order valence-electron chi connectivity index (χ1n) is 4.42. The van der Waals surface area contributed by atoms with Crippen LogP contribution in [-0.4, -0.2) is 15.2 Å². The molecule has 1 aromatic carbocycles. The van der Waals surface area contributed by atoms with Crippen molar-refractivity contribution in [2.45, 2.75) is 6.18 Å². The second-order valence-corrected chi connectivity index (χ2v) is 4.18. The van der Waals surface area contributed by atoms with Crippen LogP contribution in [0.25, 0.3) is 11.4 Å². The van der Waals surface area contributed by atoms with E-state index in [2.05, 4.69) is 31.1 Å². The number of H-pyrrole nitrogens is 1. The summed E-state index contributed by atoms with van der Waals surface area (Å²) >= 11 is 3.02. The van der Waals surface area contributed by atoms with Gasteiger partial charge < -0.3 is 5.73 Å². The second-order valence-electron chi connectivity index (χ2n) is 3.27. The van der Waals surface area contributed by atoms with Crippen LogP contribution in [0.5, 0.6) is 0 Å². The lowest BCUT2D eigenvalue weighted by Crippen LogP contribution is -2.05. The molecule has 0 spiro atoms. The molecular formula is C9H6BrF3N4. The van der Waals surface area contributed by atoms with Gasteiger partial charge in [-0.3, -0.25) is 5.10 Å². The Hall–Kier alpha value is -1.57. The van der Waals surface area contributed by atoms with Crippen molar-refractivity contribution >= 4 is 21.9 Å². The third-order valence-corrected chi connectivity index (χ3v) is 2.46. The summed E-state index contributed by atoms with van der Waals surface area (Å²) in [6.45, 7) is 0. The molecule has 0 unspecified atom stereocenters. The number of nitrogen functional groups attached to an aromatic ring is 1. The van der Waals surface area contributed by atoms with Crippen LogP contribution in [0, 0.1) is 0 Å². The number of nitrogens with two attached hydrogens (primary N) is 1. The number of alkyl halides is 3. The fourth-order valence-corrected chi connectivity index (χ4v) is 1.79. The molecule has 2 aromatic rings. The number of halogens is 4. The molecule has 0 aliphatic carbocycles. The van der Waals surface area contributed by atoms with Gasteiger partial charge in [-0.15, -0.1) is 5.10 Å². The Morgan fingerprint density at radius 1 is 1.24 bits per heavy atom. The van der Waals surface area contributed by atoms with Crippen LogP contribution < -0.4 is 5.73 Å². The molecule has 3 N–H and O–H groups in total. The molecule has 1 heterocycles. The van der Waals surface area contributed by atoms with Gasteiger partial charge in [-0.25, -0.2) is 0 Å². The highest BCUT2D eigenvalue weighted by Crippen LogP contribution is 2.34. The normalized spacial score (nSPS) is 11.8. The number of nitrogens with zero attached hydrogens (tertiary/aromatic N) is 2. The number of benzene rings is 1. The number of hydrogen-bond donors (Lipinski definition) is 2. The summed E-state index contributed by atoms with van der Waals surface area (Å²) in [5.74, 6) is 0.169. The van der Waals surface area contributed by atoms with E-state index in [0.717, 1.165) is 12.1 Å². The van der Waals surface area contributed by atoms with Crippen LogP contribution in [0.4, 0.5) is 19.1 Å². The number of anilines is 1. The van der Waals surface area contributed by atoms with E-state index in [1.54, 1.807) is 0 Å². The minimum Gasteiger partial charge on any atom is -0.366 e. The Morgan fingerprint density at radius 3 is 2.47 bits per heavy atom. The van der Waals surface area contributed by atoms with Crippen LogP contribution in [0.15, 0.2) is 22.7 Å². The van der Waals surface area contributed by atoms with Crippen molar-refractivity contribution < 1.29 is 13.2 Å². The zero-order chi connectivity index (χ0) is 12.6. The Bertz CT molecular complexity index is 549. The average molecular weight is 307 g/mol. The van der Waals surface area contributed by atoms with E-state index >= 15 is 0 Å². The molecule has 0 saturated heterocycles. The van der Waals surface area contributed by atoms with Gasteiger partial charge in [0.1, 0.15) is 0 Å². The van der Waals surface area contributed by atoms with Gasteiger partial charge in [-0.2, -0.15) is 18.2 Å². The lowest BCUT2D eigenvalue weighted by molar-refractivity contribution is -0.137. The molecule has 90 valence electrons. The van der Waals surface area contributed by atoms with E-state index in [1.165, 1.54) is 6.07 Å². The molecule has 8 heteroatoms. The molecule has 2 rings (SSSR count). The van der Waals surface area contributed by atoms with Crippen molar-refractivity contribution in [3.63, 3.8) is 0 Å². The van der Waals surface area contributed by atoms with Crippen molar-refractivity contribution in [3.05, 3.63) is 28.2 Å². The quantitative estimate of drug-likeness (QED) is 0.851. The minimum absolute atomic E-state index is 0.0199. The van der Waals surface area contributed by atoms with Crippen LogP contribution in [0.3, 0.4) is 0 Å². The van der Waals surface area contributed by atoms with Crippen molar-refractivity contribution in [2.24, 2.45) is 0 Å². The number of nitrogens with one attached hydrogen (secondary N) is 1. The molecule has 0 radical (unpaired) electrons. The largest absolute Gasteiger partial charge is 0.416 e. The number of aromatic amines is 1. The van der Waals surface area contributed by atoms with E-state index in [9.17, 15) is 13.2 Å². The van der Waals surface area contributed by atoms with Crippen LogP contribution in [0.1, 0.15) is 5.56 Å². The molecule has 17 heavy (non-hydrogen) atoms.